The molecule has 0 aliphatic heterocycles. The summed E-state index contributed by atoms with van der Waals surface area (Å²) >= 11 is 12.5. The monoisotopic (exact) mass is 457 g/mol. The highest BCUT2D eigenvalue weighted by molar-refractivity contribution is 6.39. The van der Waals surface area contributed by atoms with Crippen LogP contribution in [0.4, 0.5) is 13.2 Å². The van der Waals surface area contributed by atoms with Gasteiger partial charge in [-0.3, -0.25) is 0 Å². The highest BCUT2D eigenvalue weighted by Gasteiger charge is 2.31. The van der Waals surface area contributed by atoms with Crippen LogP contribution in [0.15, 0.2) is 36.4 Å². The molecule has 2 nitrogen and oxygen atoms in total. The summed E-state index contributed by atoms with van der Waals surface area (Å²) in [5, 5.41) is 13.8. The van der Waals surface area contributed by atoms with Crippen LogP contribution in [-0.2, 0) is 6.18 Å². The molecule has 3 rings (SSSR count). The predicted molar refractivity (Wildman–Crippen MR) is 118 cm³/mol. The van der Waals surface area contributed by atoms with Crippen molar-refractivity contribution in [1.82, 2.24) is 4.90 Å². The lowest BCUT2D eigenvalue weighted by Crippen LogP contribution is -2.30. The molecule has 1 atom stereocenters. The molecule has 0 saturated heterocycles. The van der Waals surface area contributed by atoms with Crippen molar-refractivity contribution in [2.45, 2.75) is 39.0 Å². The molecule has 30 heavy (non-hydrogen) atoms. The molecule has 3 aromatic rings. The fraction of sp³-hybridized carbons (Fsp3) is 0.391. The molecule has 0 aliphatic rings. The van der Waals surface area contributed by atoms with E-state index in [0.29, 0.717) is 43.7 Å². The first-order valence-electron chi connectivity index (χ1n) is 9.98. The van der Waals surface area contributed by atoms with E-state index in [1.165, 1.54) is 6.07 Å². The Morgan fingerprint density at radius 1 is 0.900 bits per heavy atom. The Morgan fingerprint density at radius 2 is 1.53 bits per heavy atom. The number of halogens is 5. The van der Waals surface area contributed by atoms with Gasteiger partial charge >= 0.3 is 6.18 Å². The SMILES string of the molecule is CCCN(CCC)C[C@H](O)c1cc2c(Cl)cc(Cl)cc2c2cc(C(F)(F)F)ccc12. The lowest BCUT2D eigenvalue weighted by molar-refractivity contribution is -0.137. The molecule has 0 heterocycles. The normalized spacial score (nSPS) is 13.5. The van der Waals surface area contributed by atoms with E-state index in [0.717, 1.165) is 38.1 Å². The van der Waals surface area contributed by atoms with Crippen LogP contribution in [0.1, 0.15) is 43.9 Å². The molecule has 0 spiro atoms. The first kappa shape index (κ1) is 23.1. The van der Waals surface area contributed by atoms with Crippen molar-refractivity contribution in [3.05, 3.63) is 57.6 Å². The number of aliphatic hydroxyl groups is 1. The minimum Gasteiger partial charge on any atom is -0.387 e. The predicted octanol–water partition coefficient (Wildman–Crippen LogP) is 7.47. The molecule has 0 unspecified atom stereocenters. The number of hydrogen-bond acceptors (Lipinski definition) is 2. The lowest BCUT2D eigenvalue weighted by Gasteiger charge is -2.25. The third-order valence-electron chi connectivity index (χ3n) is 5.21. The van der Waals surface area contributed by atoms with Crippen molar-refractivity contribution in [2.24, 2.45) is 0 Å². The number of hydrogen-bond donors (Lipinski definition) is 1. The average molecular weight is 458 g/mol. The summed E-state index contributed by atoms with van der Waals surface area (Å²) in [5.41, 5.74) is -0.190. The molecule has 162 valence electrons. The Morgan fingerprint density at radius 3 is 2.13 bits per heavy atom. The highest BCUT2D eigenvalue weighted by Crippen LogP contribution is 2.40. The fourth-order valence-corrected chi connectivity index (χ4v) is 4.48. The van der Waals surface area contributed by atoms with E-state index in [1.54, 1.807) is 18.2 Å². The van der Waals surface area contributed by atoms with Crippen LogP contribution < -0.4 is 0 Å². The topological polar surface area (TPSA) is 23.5 Å². The van der Waals surface area contributed by atoms with Gasteiger partial charge in [-0.05, 0) is 78.0 Å². The number of nitrogens with zero attached hydrogens (tertiary/aromatic N) is 1. The summed E-state index contributed by atoms with van der Waals surface area (Å²) in [6.07, 6.45) is -3.44. The Hall–Kier alpha value is -1.53. The Kier molecular flexibility index (Phi) is 7.18. The van der Waals surface area contributed by atoms with Crippen molar-refractivity contribution in [3.8, 4) is 0 Å². The van der Waals surface area contributed by atoms with E-state index in [4.69, 9.17) is 23.2 Å². The van der Waals surface area contributed by atoms with Gasteiger partial charge in [0.05, 0.1) is 11.7 Å². The van der Waals surface area contributed by atoms with Crippen LogP contribution >= 0.6 is 23.2 Å². The van der Waals surface area contributed by atoms with Gasteiger partial charge in [0.25, 0.3) is 0 Å². The van der Waals surface area contributed by atoms with Crippen molar-refractivity contribution in [3.63, 3.8) is 0 Å². The van der Waals surface area contributed by atoms with Gasteiger partial charge in [0.15, 0.2) is 0 Å². The molecule has 0 aliphatic carbocycles. The second-order valence-electron chi connectivity index (χ2n) is 7.52. The van der Waals surface area contributed by atoms with Crippen molar-refractivity contribution in [2.75, 3.05) is 19.6 Å². The zero-order valence-corrected chi connectivity index (χ0v) is 18.4. The number of benzene rings is 3. The van der Waals surface area contributed by atoms with Gasteiger partial charge in [0, 0.05) is 22.0 Å². The van der Waals surface area contributed by atoms with E-state index in [9.17, 15) is 18.3 Å². The summed E-state index contributed by atoms with van der Waals surface area (Å²) in [6.45, 7) is 6.22. The van der Waals surface area contributed by atoms with Crippen molar-refractivity contribution in [1.29, 1.82) is 0 Å². The summed E-state index contributed by atoms with van der Waals surface area (Å²) in [4.78, 5) is 2.16. The fourth-order valence-electron chi connectivity index (χ4n) is 3.93. The van der Waals surface area contributed by atoms with E-state index < -0.39 is 17.8 Å². The number of alkyl halides is 3. The number of fused-ring (bicyclic) bond motifs is 3. The summed E-state index contributed by atoms with van der Waals surface area (Å²) in [7, 11) is 0. The number of rotatable bonds is 7. The first-order valence-corrected chi connectivity index (χ1v) is 10.7. The third-order valence-corrected chi connectivity index (χ3v) is 5.74. The Balaban J connectivity index is 2.22. The summed E-state index contributed by atoms with van der Waals surface area (Å²) < 4.78 is 40.1. The maximum absolute atomic E-state index is 13.4. The third kappa shape index (κ3) is 4.86. The van der Waals surface area contributed by atoms with Crippen LogP contribution in [0.3, 0.4) is 0 Å². The number of aliphatic hydroxyl groups excluding tert-OH is 1. The molecule has 0 amide bonds. The quantitative estimate of drug-likeness (QED) is 0.371. The second-order valence-corrected chi connectivity index (χ2v) is 8.37. The van der Waals surface area contributed by atoms with Gasteiger partial charge in [-0.25, -0.2) is 0 Å². The molecule has 0 saturated carbocycles. The molecule has 0 bridgehead atoms. The van der Waals surface area contributed by atoms with Crippen LogP contribution in [-0.4, -0.2) is 29.6 Å². The highest BCUT2D eigenvalue weighted by atomic mass is 35.5. The average Bonchev–Trinajstić information content (AvgIpc) is 2.66. The maximum Gasteiger partial charge on any atom is 0.416 e. The van der Waals surface area contributed by atoms with Gasteiger partial charge < -0.3 is 10.0 Å². The molecule has 1 N–H and O–H groups in total. The minimum absolute atomic E-state index is 0.337. The largest absolute Gasteiger partial charge is 0.416 e. The van der Waals surface area contributed by atoms with E-state index in [1.807, 2.05) is 0 Å². The zero-order valence-electron chi connectivity index (χ0n) is 16.9. The van der Waals surface area contributed by atoms with E-state index in [-0.39, 0.29) is 0 Å². The molecular weight excluding hydrogens is 434 g/mol. The van der Waals surface area contributed by atoms with Crippen LogP contribution in [0.25, 0.3) is 21.5 Å². The molecule has 0 radical (unpaired) electrons. The van der Waals surface area contributed by atoms with Crippen LogP contribution in [0.2, 0.25) is 10.0 Å². The summed E-state index contributed by atoms with van der Waals surface area (Å²) in [5.74, 6) is 0. The maximum atomic E-state index is 13.4. The Bertz CT molecular complexity index is 1050. The van der Waals surface area contributed by atoms with Gasteiger partial charge in [-0.2, -0.15) is 13.2 Å². The summed E-state index contributed by atoms with van der Waals surface area (Å²) in [6, 6.07) is 8.52. The standard InChI is InChI=1S/C23H24Cl2F3NO/c1-3-7-29(8-4-2)13-22(30)20-12-19-18(10-15(24)11-21(19)25)17-9-14(23(26,27)28)5-6-16(17)20/h5-6,9-12,22,30H,3-4,7-8,13H2,1-2H3/t22-/m0/s1. The molecule has 0 fully saturated rings. The molecular formula is C23H24Cl2F3NO. The van der Waals surface area contributed by atoms with E-state index >= 15 is 0 Å². The lowest BCUT2D eigenvalue weighted by atomic mass is 9.93. The molecule has 0 aromatic heterocycles. The van der Waals surface area contributed by atoms with Gasteiger partial charge in [0.2, 0.25) is 0 Å². The van der Waals surface area contributed by atoms with Crippen LogP contribution in [0.5, 0.6) is 0 Å². The van der Waals surface area contributed by atoms with Gasteiger partial charge in [-0.15, -0.1) is 0 Å². The van der Waals surface area contributed by atoms with Crippen LogP contribution in [0, 0.1) is 0 Å². The molecule has 7 heteroatoms. The smallest absolute Gasteiger partial charge is 0.387 e. The zero-order chi connectivity index (χ0) is 22.1. The minimum atomic E-state index is -4.48. The van der Waals surface area contributed by atoms with Crippen molar-refractivity contribution >= 4 is 44.7 Å². The van der Waals surface area contributed by atoms with Gasteiger partial charge in [-0.1, -0.05) is 43.1 Å². The van der Waals surface area contributed by atoms with Gasteiger partial charge in [0.1, 0.15) is 0 Å². The Labute approximate surface area is 184 Å². The molecule has 3 aromatic carbocycles. The van der Waals surface area contributed by atoms with E-state index in [2.05, 4.69) is 18.7 Å². The second kappa shape index (κ2) is 9.31. The first-order chi connectivity index (χ1) is 14.2. The van der Waals surface area contributed by atoms with Crippen molar-refractivity contribution < 1.29 is 18.3 Å².